The number of carbonyl (C=O) groups excluding carboxylic acids is 4. The summed E-state index contributed by atoms with van der Waals surface area (Å²) in [4.78, 5) is 140. The first-order valence-corrected chi connectivity index (χ1v) is 51.8. The number of aromatic amines is 1. The molecule has 0 unspecified atom stereocenters. The first kappa shape index (κ1) is 116. The standard InChI is InChI=1S/3C22H24N7O6PS.C20H19N7O2S.Ca.2K.2H3N.2H/c3*1-2-34-16-7-15(8-16)29-11-18(20(27-29)17-5-3-4-6-23-17)25-21(30)19-12-37-22(26-19)14-9-24-28(10-14)13-35-36(31,32)33;1-20(29)6-13(7-20)27-10-15(17(26-27)14-4-2-3-5-21-14)24-18(28)16-11-30-19(25-16)12-8-22-23-9-12;;;;;;;/h3*3-6,9-12,15-16H,2,7-8,13H2,1H3,(H,25,30)(H2,31,32,33);2-5,8-11,13,29H,6-7H2,1H3,(H,22,23)(H,24,28);;;;2*1H3;;/q;;;;+2;2*+1;;;2*-1. The summed E-state index contributed by atoms with van der Waals surface area (Å²) in [5.74, 6) is -1.54. The van der Waals surface area contributed by atoms with Crippen LogP contribution in [0.4, 0.5) is 22.7 Å². The molecule has 4 amide bonds. The third-order valence-electron chi connectivity index (χ3n) is 22.2. The van der Waals surface area contributed by atoms with Crippen LogP contribution in [0.3, 0.4) is 0 Å². The van der Waals surface area contributed by atoms with Crippen LogP contribution in [-0.4, -0.2) is 258 Å². The summed E-state index contributed by atoms with van der Waals surface area (Å²) in [6.45, 7) is 8.51. The van der Waals surface area contributed by atoms with E-state index in [-0.39, 0.29) is 221 Å². The van der Waals surface area contributed by atoms with Crippen molar-refractivity contribution in [2.75, 3.05) is 41.1 Å². The molecule has 0 bridgehead atoms. The maximum atomic E-state index is 13.1. The van der Waals surface area contributed by atoms with Gasteiger partial charge in [0.05, 0.1) is 118 Å². The molecule has 0 aromatic carbocycles. The van der Waals surface area contributed by atoms with Gasteiger partial charge in [-0.05, 0) is 128 Å². The smallest absolute Gasteiger partial charge is 1.00 e. The minimum Gasteiger partial charge on any atom is -1.00 e. The minimum absolute atomic E-state index is 0. The summed E-state index contributed by atoms with van der Waals surface area (Å²) in [6.07, 6.45) is 33.3. The molecule has 146 heavy (non-hydrogen) atoms. The van der Waals surface area contributed by atoms with E-state index in [2.05, 4.69) is 105 Å². The fourth-order valence-corrected chi connectivity index (χ4v) is 19.1. The van der Waals surface area contributed by atoms with E-state index in [1.54, 1.807) is 69.6 Å². The van der Waals surface area contributed by atoms with Crippen LogP contribution >= 0.6 is 68.8 Å². The number of H-pyrrole nitrogens is 1. The Kier molecular flexibility index (Phi) is 41.6. The number of nitrogens with zero attached hydrogens (tertiary/aromatic N) is 23. The first-order valence-electron chi connectivity index (χ1n) is 43.7. The first-order chi connectivity index (χ1) is 67.8. The monoisotopic (exact) mass is 2210 g/mol. The van der Waals surface area contributed by atoms with Gasteiger partial charge in [-0.1, -0.05) is 24.3 Å². The third kappa shape index (κ3) is 30.6. The van der Waals surface area contributed by atoms with Crippen molar-refractivity contribution in [1.29, 1.82) is 0 Å². The van der Waals surface area contributed by atoms with Crippen molar-refractivity contribution in [3.05, 3.63) is 216 Å². The van der Waals surface area contributed by atoms with E-state index in [1.807, 2.05) is 133 Å². The van der Waals surface area contributed by atoms with Crippen LogP contribution < -0.4 is 136 Å². The molecule has 0 aliphatic heterocycles. The number of ether oxygens (including phenoxy) is 3. The number of amides is 4. The quantitative estimate of drug-likeness (QED) is 0.0137. The van der Waals surface area contributed by atoms with Crippen LogP contribution in [0.2, 0.25) is 0 Å². The molecule has 16 heterocycles. The Balaban J connectivity index is 0.000000199. The number of thiazole rings is 4. The summed E-state index contributed by atoms with van der Waals surface area (Å²) in [5, 5.41) is 68.1. The number of anilines is 4. The van der Waals surface area contributed by atoms with Crippen molar-refractivity contribution < 1.29 is 201 Å². The molecule has 4 saturated carbocycles. The topological polar surface area (TPSA) is 691 Å². The molecule has 0 radical (unpaired) electrons. The second-order valence-corrected chi connectivity index (χ2v) is 39.7. The minimum atomic E-state index is -4.62. The number of aliphatic hydroxyl groups is 1. The number of nitrogens with one attached hydrogen (secondary N) is 5. The molecule has 16 aromatic heterocycles. The predicted octanol–water partition coefficient (Wildman–Crippen LogP) is 7.28. The third-order valence-corrected chi connectivity index (χ3v) is 27.1. The molecule has 4 aliphatic rings. The molecule has 4 fully saturated rings. The molecule has 60 heteroatoms. The van der Waals surface area contributed by atoms with Gasteiger partial charge in [0.1, 0.15) is 65.6 Å². The Hall–Kier alpha value is -8.70. The largest absolute Gasteiger partial charge is 2.00 e. The van der Waals surface area contributed by atoms with Gasteiger partial charge in [-0.25, -0.2) is 47.7 Å². The number of aromatic nitrogens is 24. The van der Waals surface area contributed by atoms with E-state index >= 15 is 0 Å². The van der Waals surface area contributed by atoms with E-state index in [1.165, 1.54) is 96.6 Å². The van der Waals surface area contributed by atoms with Crippen molar-refractivity contribution in [3.63, 3.8) is 0 Å². The molecular weight excluding hydrogens is 2110 g/mol. The van der Waals surface area contributed by atoms with Crippen molar-refractivity contribution in [2.24, 2.45) is 0 Å². The van der Waals surface area contributed by atoms with Gasteiger partial charge in [-0.15, -0.1) is 45.3 Å². The zero-order valence-corrected chi connectivity index (χ0v) is 93.6. The molecule has 20 rings (SSSR count). The zero-order chi connectivity index (χ0) is 98.7. The van der Waals surface area contributed by atoms with Crippen molar-refractivity contribution in [2.45, 2.75) is 147 Å². The number of phosphoric acid groups is 3. The number of carbonyl (C=O) groups is 4. The summed E-state index contributed by atoms with van der Waals surface area (Å²) in [6, 6.07) is 22.7. The van der Waals surface area contributed by atoms with Crippen LogP contribution in [-0.2, 0) is 61.7 Å². The zero-order valence-electron chi connectivity index (χ0n) is 81.2. The maximum Gasteiger partial charge on any atom is 2.00 e. The van der Waals surface area contributed by atoms with E-state index in [4.69, 9.17) is 58.9 Å². The fourth-order valence-electron chi connectivity index (χ4n) is 15.2. The van der Waals surface area contributed by atoms with Gasteiger partial charge in [0, 0.05) is 138 Å². The van der Waals surface area contributed by atoms with Crippen LogP contribution in [0, 0.1) is 0 Å². The molecule has 16 aromatic rings. The maximum absolute atomic E-state index is 13.1. The van der Waals surface area contributed by atoms with Crippen molar-refractivity contribution in [3.8, 4) is 87.8 Å². The fraction of sp³-hybridized carbons (Fsp3) is 0.302. The number of hydrogen-bond donors (Lipinski definition) is 14. The molecule has 50 nitrogen and oxygen atoms in total. The average molecular weight is 2210 g/mol. The van der Waals surface area contributed by atoms with Gasteiger partial charge in [0.25, 0.3) is 23.6 Å². The van der Waals surface area contributed by atoms with Crippen LogP contribution in [0.1, 0.15) is 148 Å². The Bertz CT molecular complexity index is 6660. The SMILES string of the molecule is CC1(O)CC(n2cc(NC(=O)c3csc(-c4cn[nH]c4)n3)c(-c3ccccn3)n2)C1.CCOC1CC(n2cc(NC(=O)c3csc(-c4cnn(COP(=O)(O)O)c4)n3)c(-c3ccccn3)n2)C1.CCOC1CC(n2cc(NC(=O)c3csc(-c4cnn(COP(=O)(O)O)c4)n3)c(-c3ccccn3)n2)C1.CCOC1CC(n2cc(NC(=O)c3csc(-c4cnn(COP(=O)(O)O)c4)n3)c(-c3ccccn3)n2)C1.N.N.[Ca+2].[H-].[H-].[K+].[K+]. The Morgan fingerprint density at radius 3 is 0.918 bits per heavy atom. The molecule has 0 atom stereocenters. The second-order valence-electron chi connectivity index (χ2n) is 32.5. The van der Waals surface area contributed by atoms with E-state index in [0.717, 1.165) is 44.1 Å². The number of pyridine rings is 4. The van der Waals surface area contributed by atoms with E-state index < -0.39 is 67.0 Å². The van der Waals surface area contributed by atoms with Crippen LogP contribution in [0.25, 0.3) is 87.8 Å². The molecule has 0 saturated heterocycles. The summed E-state index contributed by atoms with van der Waals surface area (Å²) in [5.41, 5.74) is 9.84. The van der Waals surface area contributed by atoms with Gasteiger partial charge in [0.15, 0.2) is 20.2 Å². The molecule has 754 valence electrons. The molecule has 4 aliphatic carbocycles. The Labute approximate surface area is 965 Å². The van der Waals surface area contributed by atoms with E-state index in [0.29, 0.717) is 143 Å². The Morgan fingerprint density at radius 1 is 0.418 bits per heavy atom. The number of hydrogen-bond acceptors (Lipinski definition) is 36. The van der Waals surface area contributed by atoms with Gasteiger partial charge < -0.3 is 85.1 Å². The van der Waals surface area contributed by atoms with Gasteiger partial charge in [0.2, 0.25) is 0 Å². The van der Waals surface area contributed by atoms with Gasteiger partial charge in [-0.2, -0.15) is 40.8 Å². The van der Waals surface area contributed by atoms with Crippen molar-refractivity contribution in [1.82, 2.24) is 131 Å². The molecule has 18 N–H and O–H groups in total. The summed E-state index contributed by atoms with van der Waals surface area (Å²) >= 11 is 5.10. The van der Waals surface area contributed by atoms with Crippen molar-refractivity contribution >= 4 is 153 Å². The molecular formula is C86H99CaK2N30O20P3S4+2. The Morgan fingerprint density at radius 2 is 0.685 bits per heavy atom. The van der Waals surface area contributed by atoms with E-state index in [9.17, 15) is 38.0 Å². The number of rotatable bonds is 35. The van der Waals surface area contributed by atoms with Crippen LogP contribution in [0.5, 0.6) is 0 Å². The normalized spacial score (nSPS) is 17.5. The number of phosphoric ester groups is 3. The summed E-state index contributed by atoms with van der Waals surface area (Å²) in [7, 11) is -13.8. The van der Waals surface area contributed by atoms with Crippen LogP contribution in [0.15, 0.2) is 193 Å². The second kappa shape index (κ2) is 52.4. The van der Waals surface area contributed by atoms with Gasteiger partial charge in [-0.3, -0.25) is 76.5 Å². The predicted molar refractivity (Wildman–Crippen MR) is 531 cm³/mol. The average Bonchev–Trinajstić information content (AvgIpc) is 1.60. The van der Waals surface area contributed by atoms with Gasteiger partial charge >= 0.3 is 164 Å². The molecule has 0 spiro atoms. The summed E-state index contributed by atoms with van der Waals surface area (Å²) < 4.78 is 74.0.